The van der Waals surface area contributed by atoms with Crippen LogP contribution in [0, 0.1) is 0 Å². The Balaban J connectivity index is 2.02. The van der Waals surface area contributed by atoms with E-state index >= 15 is 0 Å². The molecule has 0 spiro atoms. The molecule has 4 heteroatoms. The third-order valence-corrected chi connectivity index (χ3v) is 3.52. The zero-order valence-corrected chi connectivity index (χ0v) is 11.2. The van der Waals surface area contributed by atoms with Gasteiger partial charge in [-0.1, -0.05) is 0 Å². The molecule has 1 atom stereocenters. The van der Waals surface area contributed by atoms with Gasteiger partial charge in [-0.15, -0.1) is 0 Å². The molecule has 0 bridgehead atoms. The second-order valence-electron chi connectivity index (χ2n) is 4.37. The van der Waals surface area contributed by atoms with Crippen molar-refractivity contribution in [1.82, 2.24) is 15.2 Å². The van der Waals surface area contributed by atoms with Gasteiger partial charge in [-0.2, -0.15) is 0 Å². The molecule has 1 aromatic heterocycles. The van der Waals surface area contributed by atoms with E-state index in [1.54, 1.807) is 0 Å². The molecule has 1 aromatic rings. The Morgan fingerprint density at radius 3 is 3.19 bits per heavy atom. The lowest BCUT2D eigenvalue weighted by Gasteiger charge is -2.26. The number of nitrogens with one attached hydrogen (secondary N) is 1. The smallest absolute Gasteiger partial charge is 0.0410 e. The summed E-state index contributed by atoms with van der Waals surface area (Å²) in [5, 5.41) is 3.44. The van der Waals surface area contributed by atoms with Crippen molar-refractivity contribution in [2.45, 2.75) is 25.9 Å². The first-order valence-corrected chi connectivity index (χ1v) is 6.59. The Labute approximate surface area is 105 Å². The van der Waals surface area contributed by atoms with E-state index < -0.39 is 0 Å². The maximum Gasteiger partial charge on any atom is 0.0410 e. The van der Waals surface area contributed by atoms with Gasteiger partial charge in [0.15, 0.2) is 0 Å². The molecule has 0 radical (unpaired) electrons. The average molecular weight is 284 g/mol. The Morgan fingerprint density at radius 1 is 1.50 bits per heavy atom. The minimum absolute atomic E-state index is 0.647. The van der Waals surface area contributed by atoms with E-state index in [1.165, 1.54) is 12.0 Å². The number of hydrogen-bond acceptors (Lipinski definition) is 3. The van der Waals surface area contributed by atoms with Crippen LogP contribution in [0.15, 0.2) is 22.9 Å². The minimum atomic E-state index is 0.647. The molecule has 1 aliphatic rings. The van der Waals surface area contributed by atoms with E-state index in [0.29, 0.717) is 6.04 Å². The minimum Gasteiger partial charge on any atom is -0.315 e. The summed E-state index contributed by atoms with van der Waals surface area (Å²) in [4.78, 5) is 6.73. The summed E-state index contributed by atoms with van der Waals surface area (Å²) in [6.07, 6.45) is 5.01. The van der Waals surface area contributed by atoms with Crippen molar-refractivity contribution in [3.05, 3.63) is 28.5 Å². The van der Waals surface area contributed by atoms with Gasteiger partial charge in [0.05, 0.1) is 0 Å². The Morgan fingerprint density at radius 2 is 2.38 bits per heavy atom. The predicted octanol–water partition coefficient (Wildman–Crippen LogP) is 2.03. The zero-order chi connectivity index (χ0) is 11.4. The average Bonchev–Trinajstić information content (AvgIpc) is 2.45. The highest BCUT2D eigenvalue weighted by Gasteiger charge is 2.16. The van der Waals surface area contributed by atoms with Crippen LogP contribution in [-0.2, 0) is 6.54 Å². The van der Waals surface area contributed by atoms with Gasteiger partial charge in [0.25, 0.3) is 0 Å². The number of pyridine rings is 1. The highest BCUT2D eigenvalue weighted by Crippen LogP contribution is 2.14. The number of hydrogen-bond donors (Lipinski definition) is 1. The zero-order valence-electron chi connectivity index (χ0n) is 9.62. The van der Waals surface area contributed by atoms with E-state index in [4.69, 9.17) is 0 Å². The van der Waals surface area contributed by atoms with Crippen LogP contribution in [0.5, 0.6) is 0 Å². The molecular formula is C12H18BrN3. The van der Waals surface area contributed by atoms with Crippen LogP contribution >= 0.6 is 15.9 Å². The van der Waals surface area contributed by atoms with Crippen molar-refractivity contribution in [3.8, 4) is 0 Å². The van der Waals surface area contributed by atoms with Gasteiger partial charge < -0.3 is 5.32 Å². The molecule has 1 saturated heterocycles. The molecule has 0 saturated carbocycles. The second kappa shape index (κ2) is 5.75. The van der Waals surface area contributed by atoms with Gasteiger partial charge in [-0.3, -0.25) is 9.88 Å². The van der Waals surface area contributed by atoms with Gasteiger partial charge in [0.1, 0.15) is 0 Å². The Hall–Kier alpha value is -0.450. The molecule has 1 aliphatic heterocycles. The first-order chi connectivity index (χ1) is 7.75. The Bertz CT molecular complexity index is 343. The topological polar surface area (TPSA) is 28.2 Å². The maximum atomic E-state index is 4.21. The van der Waals surface area contributed by atoms with Crippen molar-refractivity contribution in [2.24, 2.45) is 0 Å². The second-order valence-corrected chi connectivity index (χ2v) is 5.29. The molecule has 0 aromatic carbocycles. The first kappa shape index (κ1) is 12.0. The van der Waals surface area contributed by atoms with Gasteiger partial charge in [-0.05, 0) is 47.4 Å². The summed E-state index contributed by atoms with van der Waals surface area (Å²) < 4.78 is 1.06. The summed E-state index contributed by atoms with van der Waals surface area (Å²) >= 11 is 3.46. The fourth-order valence-corrected chi connectivity index (χ4v) is 2.49. The quantitative estimate of drug-likeness (QED) is 0.900. The van der Waals surface area contributed by atoms with Crippen molar-refractivity contribution >= 4 is 15.9 Å². The predicted molar refractivity (Wildman–Crippen MR) is 69.3 cm³/mol. The molecule has 2 heterocycles. The lowest BCUT2D eigenvalue weighted by Crippen LogP contribution is -2.33. The molecule has 16 heavy (non-hydrogen) atoms. The van der Waals surface area contributed by atoms with E-state index in [-0.39, 0.29) is 0 Å². The summed E-state index contributed by atoms with van der Waals surface area (Å²) in [7, 11) is 0. The fourth-order valence-electron chi connectivity index (χ4n) is 2.07. The van der Waals surface area contributed by atoms with Crippen LogP contribution in [0.1, 0.15) is 18.9 Å². The molecule has 0 aliphatic carbocycles. The van der Waals surface area contributed by atoms with Gasteiger partial charge in [-0.25, -0.2) is 0 Å². The van der Waals surface area contributed by atoms with Crippen LogP contribution in [0.3, 0.4) is 0 Å². The van der Waals surface area contributed by atoms with Crippen LogP contribution in [0.25, 0.3) is 0 Å². The number of rotatable bonds is 2. The molecule has 0 amide bonds. The van der Waals surface area contributed by atoms with E-state index in [9.17, 15) is 0 Å². The van der Waals surface area contributed by atoms with Crippen LogP contribution in [-0.4, -0.2) is 35.6 Å². The van der Waals surface area contributed by atoms with Gasteiger partial charge in [0, 0.05) is 42.5 Å². The highest BCUT2D eigenvalue weighted by molar-refractivity contribution is 9.10. The molecule has 2 rings (SSSR count). The summed E-state index contributed by atoms with van der Waals surface area (Å²) in [5.41, 5.74) is 1.28. The van der Waals surface area contributed by atoms with Crippen molar-refractivity contribution in [2.75, 3.05) is 19.6 Å². The monoisotopic (exact) mass is 283 g/mol. The van der Waals surface area contributed by atoms with Gasteiger partial charge in [0.2, 0.25) is 0 Å². The third kappa shape index (κ3) is 3.27. The van der Waals surface area contributed by atoms with Crippen molar-refractivity contribution < 1.29 is 0 Å². The molecule has 3 nitrogen and oxygen atoms in total. The van der Waals surface area contributed by atoms with E-state index in [1.807, 2.05) is 12.4 Å². The molecule has 88 valence electrons. The SMILES string of the molecule is CC1CCNCCN1Cc1cncc(Br)c1. The van der Waals surface area contributed by atoms with Crippen molar-refractivity contribution in [3.63, 3.8) is 0 Å². The summed E-state index contributed by atoms with van der Waals surface area (Å²) in [6, 6.07) is 2.80. The largest absolute Gasteiger partial charge is 0.315 e. The van der Waals surface area contributed by atoms with Crippen LogP contribution in [0.4, 0.5) is 0 Å². The Kier molecular flexibility index (Phi) is 4.32. The summed E-state index contributed by atoms with van der Waals surface area (Å²) in [5.74, 6) is 0. The van der Waals surface area contributed by atoms with E-state index in [2.05, 4.69) is 44.1 Å². The number of aromatic nitrogens is 1. The first-order valence-electron chi connectivity index (χ1n) is 5.80. The van der Waals surface area contributed by atoms with Crippen LogP contribution < -0.4 is 5.32 Å². The number of halogens is 1. The molecule has 1 unspecified atom stereocenters. The third-order valence-electron chi connectivity index (χ3n) is 3.09. The standard InChI is InChI=1S/C12H18BrN3/c1-10-2-3-14-4-5-16(10)9-11-6-12(13)8-15-7-11/h6-8,10,14H,2-5,9H2,1H3. The maximum absolute atomic E-state index is 4.21. The van der Waals surface area contributed by atoms with Crippen molar-refractivity contribution in [1.29, 1.82) is 0 Å². The normalized spacial score (nSPS) is 23.0. The lowest BCUT2D eigenvalue weighted by molar-refractivity contribution is 0.211. The van der Waals surface area contributed by atoms with Crippen LogP contribution in [0.2, 0.25) is 0 Å². The van der Waals surface area contributed by atoms with E-state index in [0.717, 1.165) is 30.7 Å². The highest BCUT2D eigenvalue weighted by atomic mass is 79.9. The molecule has 1 fully saturated rings. The van der Waals surface area contributed by atoms with Gasteiger partial charge >= 0.3 is 0 Å². The molecular weight excluding hydrogens is 266 g/mol. The fraction of sp³-hybridized carbons (Fsp3) is 0.583. The lowest BCUT2D eigenvalue weighted by atomic mass is 10.2. The summed E-state index contributed by atoms with van der Waals surface area (Å²) in [6.45, 7) is 6.64. The number of nitrogens with zero attached hydrogens (tertiary/aromatic N) is 2. The molecule has 1 N–H and O–H groups in total.